The van der Waals surface area contributed by atoms with E-state index in [1.54, 1.807) is 24.9 Å². The van der Waals surface area contributed by atoms with Gasteiger partial charge in [0, 0.05) is 25.0 Å². The second-order valence-corrected chi connectivity index (χ2v) is 5.28. The fourth-order valence-corrected chi connectivity index (χ4v) is 2.25. The molecule has 0 aliphatic heterocycles. The Kier molecular flexibility index (Phi) is 6.00. The van der Waals surface area contributed by atoms with Crippen molar-refractivity contribution in [2.75, 3.05) is 37.0 Å². The second kappa shape index (κ2) is 7.05. The Morgan fingerprint density at radius 2 is 2.00 bits per heavy atom. The summed E-state index contributed by atoms with van der Waals surface area (Å²) in [4.78, 5) is 1.83. The van der Waals surface area contributed by atoms with E-state index in [-0.39, 0.29) is 18.5 Å². The van der Waals surface area contributed by atoms with Gasteiger partial charge in [0.25, 0.3) is 0 Å². The van der Waals surface area contributed by atoms with Crippen LogP contribution in [0.25, 0.3) is 0 Å². The summed E-state index contributed by atoms with van der Waals surface area (Å²) in [5.74, 6) is 0.877. The summed E-state index contributed by atoms with van der Waals surface area (Å²) in [5.41, 5.74) is 5.62. The number of hydrogen-bond donors (Lipinski definition) is 1. The molecule has 0 saturated carbocycles. The van der Waals surface area contributed by atoms with Crippen LogP contribution >= 0.6 is 11.8 Å². The highest BCUT2D eigenvalue weighted by Gasteiger charge is 2.33. The first-order valence-corrected chi connectivity index (χ1v) is 7.39. The van der Waals surface area contributed by atoms with Gasteiger partial charge in [-0.1, -0.05) is 6.07 Å². The van der Waals surface area contributed by atoms with E-state index in [0.29, 0.717) is 12.2 Å². The molecule has 1 aromatic rings. The molecule has 2 N–H and O–H groups in total. The SMILES string of the molecule is CSCCN(C)c1ccc(CCN)c(C(F)(F)F)c1. The van der Waals surface area contributed by atoms with Crippen molar-refractivity contribution in [2.45, 2.75) is 12.6 Å². The van der Waals surface area contributed by atoms with Gasteiger partial charge in [-0.2, -0.15) is 24.9 Å². The quantitative estimate of drug-likeness (QED) is 0.874. The molecule has 0 unspecified atom stereocenters. The minimum absolute atomic E-state index is 0.213. The van der Waals surface area contributed by atoms with E-state index in [1.807, 2.05) is 11.2 Å². The molecule has 1 rings (SSSR count). The molecule has 6 heteroatoms. The number of thioether (sulfide) groups is 1. The molecule has 0 fully saturated rings. The van der Waals surface area contributed by atoms with E-state index >= 15 is 0 Å². The zero-order valence-corrected chi connectivity index (χ0v) is 11.9. The first-order chi connectivity index (χ1) is 8.90. The lowest BCUT2D eigenvalue weighted by Crippen LogP contribution is -2.21. The number of rotatable bonds is 6. The molecule has 0 atom stereocenters. The van der Waals surface area contributed by atoms with Crippen molar-refractivity contribution < 1.29 is 13.2 Å². The van der Waals surface area contributed by atoms with Gasteiger partial charge in [0.1, 0.15) is 0 Å². The maximum atomic E-state index is 13.0. The molecular weight excluding hydrogens is 273 g/mol. The van der Waals surface area contributed by atoms with E-state index in [4.69, 9.17) is 5.73 Å². The van der Waals surface area contributed by atoms with Gasteiger partial charge in [-0.05, 0) is 36.9 Å². The number of alkyl halides is 3. The molecule has 108 valence electrons. The van der Waals surface area contributed by atoms with Crippen molar-refractivity contribution in [3.8, 4) is 0 Å². The van der Waals surface area contributed by atoms with Crippen molar-refractivity contribution >= 4 is 17.4 Å². The van der Waals surface area contributed by atoms with Crippen LogP contribution in [0.4, 0.5) is 18.9 Å². The highest BCUT2D eigenvalue weighted by molar-refractivity contribution is 7.98. The minimum Gasteiger partial charge on any atom is -0.374 e. The molecular formula is C13H19F3N2S. The normalized spacial score (nSPS) is 11.7. The van der Waals surface area contributed by atoms with Crippen molar-refractivity contribution in [1.29, 1.82) is 0 Å². The number of nitrogens with two attached hydrogens (primary N) is 1. The third-order valence-electron chi connectivity index (χ3n) is 2.88. The van der Waals surface area contributed by atoms with Gasteiger partial charge in [-0.3, -0.25) is 0 Å². The van der Waals surface area contributed by atoms with Crippen LogP contribution in [0, 0.1) is 0 Å². The molecule has 1 aromatic carbocycles. The van der Waals surface area contributed by atoms with Crippen molar-refractivity contribution in [3.63, 3.8) is 0 Å². The average molecular weight is 292 g/mol. The first kappa shape index (κ1) is 16.2. The summed E-state index contributed by atoms with van der Waals surface area (Å²) >= 11 is 1.67. The summed E-state index contributed by atoms with van der Waals surface area (Å²) < 4.78 is 39.0. The number of anilines is 1. The summed E-state index contributed by atoms with van der Waals surface area (Å²) in [5, 5.41) is 0. The predicted octanol–water partition coefficient (Wildman–Crippen LogP) is 3.01. The van der Waals surface area contributed by atoms with Gasteiger partial charge in [0.15, 0.2) is 0 Å². The highest BCUT2D eigenvalue weighted by atomic mass is 32.2. The lowest BCUT2D eigenvalue weighted by atomic mass is 10.0. The molecule has 19 heavy (non-hydrogen) atoms. The van der Waals surface area contributed by atoms with Crippen molar-refractivity contribution in [1.82, 2.24) is 0 Å². The standard InChI is InChI=1S/C13H19F3N2S/c1-18(7-8-19-2)11-4-3-10(5-6-17)12(9-11)13(14,15)16/h3-4,9H,5-8,17H2,1-2H3. The van der Waals surface area contributed by atoms with Gasteiger partial charge in [-0.25, -0.2) is 0 Å². The molecule has 0 aliphatic rings. The number of hydrogen-bond acceptors (Lipinski definition) is 3. The maximum Gasteiger partial charge on any atom is 0.416 e. The van der Waals surface area contributed by atoms with Gasteiger partial charge in [-0.15, -0.1) is 0 Å². The van der Waals surface area contributed by atoms with Gasteiger partial charge in [0.2, 0.25) is 0 Å². The van der Waals surface area contributed by atoms with Crippen LogP contribution in [0.5, 0.6) is 0 Å². The Labute approximate surface area is 116 Å². The Bertz CT molecular complexity index is 407. The molecule has 0 radical (unpaired) electrons. The second-order valence-electron chi connectivity index (χ2n) is 4.29. The zero-order valence-electron chi connectivity index (χ0n) is 11.1. The van der Waals surface area contributed by atoms with Crippen LogP contribution in [0.2, 0.25) is 0 Å². The van der Waals surface area contributed by atoms with E-state index in [1.165, 1.54) is 12.1 Å². The van der Waals surface area contributed by atoms with Gasteiger partial charge in [0.05, 0.1) is 5.56 Å². The fraction of sp³-hybridized carbons (Fsp3) is 0.538. The summed E-state index contributed by atoms with van der Waals surface area (Å²) in [6, 6.07) is 4.46. The molecule has 0 heterocycles. The monoisotopic (exact) mass is 292 g/mol. The number of halogens is 3. The molecule has 0 spiro atoms. The predicted molar refractivity (Wildman–Crippen MR) is 75.9 cm³/mol. The lowest BCUT2D eigenvalue weighted by molar-refractivity contribution is -0.138. The lowest BCUT2D eigenvalue weighted by Gasteiger charge is -2.21. The smallest absolute Gasteiger partial charge is 0.374 e. The third kappa shape index (κ3) is 4.62. The summed E-state index contributed by atoms with van der Waals surface area (Å²) in [6.45, 7) is 0.930. The van der Waals surface area contributed by atoms with E-state index in [0.717, 1.165) is 5.75 Å². The molecule has 0 bridgehead atoms. The van der Waals surface area contributed by atoms with Crippen molar-refractivity contribution in [3.05, 3.63) is 29.3 Å². The fourth-order valence-electron chi connectivity index (χ4n) is 1.80. The van der Waals surface area contributed by atoms with Gasteiger partial charge >= 0.3 is 6.18 Å². The molecule has 0 saturated heterocycles. The topological polar surface area (TPSA) is 29.3 Å². The Hall–Kier alpha value is -0.880. The summed E-state index contributed by atoms with van der Waals surface area (Å²) in [7, 11) is 1.80. The van der Waals surface area contributed by atoms with Crippen LogP contribution in [0.3, 0.4) is 0 Å². The Balaban J connectivity index is 3.04. The zero-order chi connectivity index (χ0) is 14.5. The van der Waals surface area contributed by atoms with E-state index in [2.05, 4.69) is 0 Å². The minimum atomic E-state index is -4.33. The molecule has 0 aliphatic carbocycles. The maximum absolute atomic E-state index is 13.0. The van der Waals surface area contributed by atoms with Crippen LogP contribution < -0.4 is 10.6 Å². The van der Waals surface area contributed by atoms with Crippen LogP contribution in [0.15, 0.2) is 18.2 Å². The molecule has 2 nitrogen and oxygen atoms in total. The third-order valence-corrected chi connectivity index (χ3v) is 3.47. The summed E-state index contributed by atoms with van der Waals surface area (Å²) in [6.07, 6.45) is -2.12. The molecule has 0 aromatic heterocycles. The van der Waals surface area contributed by atoms with E-state index < -0.39 is 11.7 Å². The number of nitrogens with zero attached hydrogens (tertiary/aromatic N) is 1. The highest BCUT2D eigenvalue weighted by Crippen LogP contribution is 2.34. The van der Waals surface area contributed by atoms with Crippen LogP contribution in [0.1, 0.15) is 11.1 Å². The largest absolute Gasteiger partial charge is 0.416 e. The van der Waals surface area contributed by atoms with Crippen molar-refractivity contribution in [2.24, 2.45) is 5.73 Å². The van der Waals surface area contributed by atoms with Crippen LogP contribution in [-0.2, 0) is 12.6 Å². The van der Waals surface area contributed by atoms with E-state index in [9.17, 15) is 13.2 Å². The molecule has 0 amide bonds. The van der Waals surface area contributed by atoms with Crippen LogP contribution in [-0.4, -0.2) is 32.1 Å². The Morgan fingerprint density at radius 3 is 2.53 bits per heavy atom. The van der Waals surface area contributed by atoms with Gasteiger partial charge < -0.3 is 10.6 Å². The average Bonchev–Trinajstić information content (AvgIpc) is 2.35. The Morgan fingerprint density at radius 1 is 1.32 bits per heavy atom. The number of benzene rings is 1. The first-order valence-electron chi connectivity index (χ1n) is 6.00.